The van der Waals surface area contributed by atoms with E-state index in [0.29, 0.717) is 5.69 Å². The normalized spacial score (nSPS) is 23.4. The second-order valence-corrected chi connectivity index (χ2v) is 4.87. The Hall–Kier alpha value is -1.08. The Morgan fingerprint density at radius 1 is 1.22 bits per heavy atom. The molecule has 1 aromatic rings. The molecule has 2 N–H and O–H groups in total. The molecule has 0 saturated carbocycles. The lowest BCUT2D eigenvalue weighted by Gasteiger charge is -2.20. The predicted molar refractivity (Wildman–Crippen MR) is 67.3 cm³/mol. The van der Waals surface area contributed by atoms with Gasteiger partial charge in [0.2, 0.25) is 0 Å². The molecule has 0 bridgehead atoms. The number of benzene rings is 1. The number of aliphatic hydroxyl groups is 2. The van der Waals surface area contributed by atoms with Gasteiger partial charge in [0, 0.05) is 25.2 Å². The van der Waals surface area contributed by atoms with Crippen LogP contribution in [0.4, 0.5) is 11.4 Å². The average Bonchev–Trinajstić information content (AvgIpc) is 2.57. The molecule has 8 heteroatoms. The number of rotatable bonds is 2. The molecule has 0 aromatic heterocycles. The molecule has 2 rings (SSSR count). The van der Waals surface area contributed by atoms with Crippen molar-refractivity contribution < 1.29 is 15.1 Å². The molecule has 2 atom stereocenters. The lowest BCUT2D eigenvalue weighted by atomic mass is 10.2. The van der Waals surface area contributed by atoms with Gasteiger partial charge in [0.15, 0.2) is 0 Å². The van der Waals surface area contributed by atoms with Gasteiger partial charge >= 0.3 is 0 Å². The van der Waals surface area contributed by atoms with Crippen LogP contribution in [0, 0.1) is 10.1 Å². The summed E-state index contributed by atoms with van der Waals surface area (Å²) in [6, 6.07) is 2.39. The number of hydrogen-bond donors (Lipinski definition) is 2. The third-order valence-corrected chi connectivity index (χ3v) is 3.36. The quantitative estimate of drug-likeness (QED) is 0.636. The summed E-state index contributed by atoms with van der Waals surface area (Å²) in [6.07, 6.45) is -1.76. The SMILES string of the molecule is O=[N+]([O-])c1cc(Cl)c(N2CC(O)C(O)C2)c(Cl)c1. The first-order valence-corrected chi connectivity index (χ1v) is 5.90. The van der Waals surface area contributed by atoms with E-state index in [0.717, 1.165) is 0 Å². The Morgan fingerprint density at radius 2 is 1.67 bits per heavy atom. The fraction of sp³-hybridized carbons (Fsp3) is 0.400. The summed E-state index contributed by atoms with van der Waals surface area (Å²) in [4.78, 5) is 11.6. The maximum absolute atomic E-state index is 10.6. The standard InChI is InChI=1S/C10H10Cl2N2O4/c11-6-1-5(14(17)18)2-7(12)10(6)13-3-8(15)9(16)4-13/h1-2,8-9,15-16H,3-4H2. The van der Waals surface area contributed by atoms with Crippen LogP contribution in [0.1, 0.15) is 0 Å². The molecule has 1 aliphatic rings. The van der Waals surface area contributed by atoms with Gasteiger partial charge in [0.25, 0.3) is 5.69 Å². The van der Waals surface area contributed by atoms with Crippen molar-refractivity contribution >= 4 is 34.6 Å². The van der Waals surface area contributed by atoms with Crippen molar-refractivity contribution in [3.63, 3.8) is 0 Å². The molecule has 2 unspecified atom stereocenters. The molecule has 1 fully saturated rings. The summed E-state index contributed by atoms with van der Waals surface area (Å²) < 4.78 is 0. The van der Waals surface area contributed by atoms with Crippen LogP contribution in [0.25, 0.3) is 0 Å². The van der Waals surface area contributed by atoms with E-state index in [2.05, 4.69) is 0 Å². The van der Waals surface area contributed by atoms with E-state index >= 15 is 0 Å². The van der Waals surface area contributed by atoms with Crippen molar-refractivity contribution in [1.82, 2.24) is 0 Å². The number of nitro groups is 1. The smallest absolute Gasteiger partial charge is 0.272 e. The zero-order valence-corrected chi connectivity index (χ0v) is 10.6. The number of nitrogens with zero attached hydrogens (tertiary/aromatic N) is 2. The monoisotopic (exact) mass is 292 g/mol. The molecule has 6 nitrogen and oxygen atoms in total. The zero-order valence-electron chi connectivity index (χ0n) is 9.08. The minimum absolute atomic E-state index is 0.121. The van der Waals surface area contributed by atoms with Gasteiger partial charge < -0.3 is 15.1 Å². The summed E-state index contributed by atoms with van der Waals surface area (Å²) in [5.74, 6) is 0. The summed E-state index contributed by atoms with van der Waals surface area (Å²) in [7, 11) is 0. The van der Waals surface area contributed by atoms with Crippen LogP contribution in [0.15, 0.2) is 12.1 Å². The van der Waals surface area contributed by atoms with Crippen molar-refractivity contribution in [3.05, 3.63) is 32.3 Å². The zero-order chi connectivity index (χ0) is 13.4. The van der Waals surface area contributed by atoms with E-state index in [1.165, 1.54) is 12.1 Å². The molecular formula is C10H10Cl2N2O4. The van der Waals surface area contributed by atoms with Gasteiger partial charge in [-0.1, -0.05) is 23.2 Å². The second-order valence-electron chi connectivity index (χ2n) is 4.05. The first kappa shape index (κ1) is 13.4. The summed E-state index contributed by atoms with van der Waals surface area (Å²) in [5, 5.41) is 29.8. The van der Waals surface area contributed by atoms with Gasteiger partial charge in [-0.05, 0) is 0 Å². The van der Waals surface area contributed by atoms with Crippen molar-refractivity contribution in [2.45, 2.75) is 12.2 Å². The largest absolute Gasteiger partial charge is 0.389 e. The third-order valence-electron chi connectivity index (χ3n) is 2.79. The Bertz CT molecular complexity index is 464. The Kier molecular flexibility index (Phi) is 3.63. The van der Waals surface area contributed by atoms with Crippen LogP contribution in [0.2, 0.25) is 10.0 Å². The van der Waals surface area contributed by atoms with Crippen molar-refractivity contribution in [1.29, 1.82) is 0 Å². The Labute approximate surface area is 112 Å². The highest BCUT2D eigenvalue weighted by atomic mass is 35.5. The first-order valence-electron chi connectivity index (χ1n) is 5.14. The second kappa shape index (κ2) is 4.89. The highest BCUT2D eigenvalue weighted by Crippen LogP contribution is 2.38. The molecule has 1 saturated heterocycles. The third kappa shape index (κ3) is 2.37. The number of halogens is 2. The lowest BCUT2D eigenvalue weighted by Crippen LogP contribution is -2.22. The molecule has 98 valence electrons. The van der Waals surface area contributed by atoms with E-state index in [1.54, 1.807) is 4.90 Å². The number of hydrogen-bond acceptors (Lipinski definition) is 5. The van der Waals surface area contributed by atoms with Crippen molar-refractivity contribution in [2.75, 3.05) is 18.0 Å². The minimum Gasteiger partial charge on any atom is -0.389 e. The fourth-order valence-corrected chi connectivity index (χ4v) is 2.63. The van der Waals surface area contributed by atoms with Crippen molar-refractivity contribution in [3.8, 4) is 0 Å². The Morgan fingerprint density at radius 3 is 2.06 bits per heavy atom. The topological polar surface area (TPSA) is 86.8 Å². The van der Waals surface area contributed by atoms with Gasteiger partial charge in [0.05, 0.1) is 32.9 Å². The number of anilines is 1. The van der Waals surface area contributed by atoms with Crippen molar-refractivity contribution in [2.24, 2.45) is 0 Å². The molecule has 1 aromatic carbocycles. The van der Waals surface area contributed by atoms with Gasteiger partial charge in [-0.15, -0.1) is 0 Å². The highest BCUT2D eigenvalue weighted by Gasteiger charge is 2.32. The molecular weight excluding hydrogens is 283 g/mol. The number of nitro benzene ring substituents is 1. The van der Waals surface area contributed by atoms with Crippen LogP contribution in [0.3, 0.4) is 0 Å². The Balaban J connectivity index is 2.38. The summed E-state index contributed by atoms with van der Waals surface area (Å²) in [5.41, 5.74) is 0.188. The maximum Gasteiger partial charge on any atom is 0.272 e. The van der Waals surface area contributed by atoms with Gasteiger partial charge in [0.1, 0.15) is 0 Å². The lowest BCUT2D eigenvalue weighted by molar-refractivity contribution is -0.384. The molecule has 18 heavy (non-hydrogen) atoms. The van der Waals surface area contributed by atoms with Gasteiger partial charge in [-0.2, -0.15) is 0 Å². The van der Waals surface area contributed by atoms with E-state index in [9.17, 15) is 20.3 Å². The number of aliphatic hydroxyl groups excluding tert-OH is 2. The molecule has 0 spiro atoms. The van der Waals surface area contributed by atoms with Crippen LogP contribution in [0.5, 0.6) is 0 Å². The van der Waals surface area contributed by atoms with Gasteiger partial charge in [-0.3, -0.25) is 10.1 Å². The van der Waals surface area contributed by atoms with E-state index in [4.69, 9.17) is 23.2 Å². The number of β-amino-alcohol motifs (C(OH)–C–C–N with tert-alkyl or cyclic N) is 2. The first-order chi connectivity index (χ1) is 8.40. The van der Waals surface area contributed by atoms with Crippen LogP contribution in [-0.2, 0) is 0 Å². The predicted octanol–water partition coefficient (Wildman–Crippen LogP) is 1.44. The molecule has 1 heterocycles. The van der Waals surface area contributed by atoms with Crippen LogP contribution < -0.4 is 4.90 Å². The van der Waals surface area contributed by atoms with E-state index < -0.39 is 17.1 Å². The summed E-state index contributed by atoms with van der Waals surface area (Å²) >= 11 is 11.9. The minimum atomic E-state index is -0.882. The number of non-ortho nitro benzene ring substituents is 1. The van der Waals surface area contributed by atoms with E-state index in [-0.39, 0.29) is 28.8 Å². The molecule has 1 aliphatic heterocycles. The summed E-state index contributed by atoms with van der Waals surface area (Å²) in [6.45, 7) is 0.358. The van der Waals surface area contributed by atoms with Crippen LogP contribution >= 0.6 is 23.2 Å². The van der Waals surface area contributed by atoms with Gasteiger partial charge in [-0.25, -0.2) is 0 Å². The molecule has 0 amide bonds. The average molecular weight is 293 g/mol. The van der Waals surface area contributed by atoms with Crippen LogP contribution in [-0.4, -0.2) is 40.4 Å². The highest BCUT2D eigenvalue weighted by molar-refractivity contribution is 6.39. The molecule has 0 radical (unpaired) electrons. The fourth-order valence-electron chi connectivity index (χ4n) is 1.91. The maximum atomic E-state index is 10.6. The molecule has 0 aliphatic carbocycles. The van der Waals surface area contributed by atoms with E-state index in [1.807, 2.05) is 0 Å².